The fourth-order valence-electron chi connectivity index (χ4n) is 12.1. The van der Waals surface area contributed by atoms with Gasteiger partial charge in [-0.2, -0.15) is 0 Å². The van der Waals surface area contributed by atoms with Crippen LogP contribution in [0.3, 0.4) is 0 Å². The Morgan fingerprint density at radius 2 is 1.42 bits per heavy atom. The highest BCUT2D eigenvalue weighted by atomic mass is 32.2. The molecule has 1 spiro atoms. The van der Waals surface area contributed by atoms with Crippen LogP contribution in [0.4, 0.5) is 0 Å². The van der Waals surface area contributed by atoms with E-state index in [1.165, 1.54) is 87.5 Å². The second-order valence-electron chi connectivity index (χ2n) is 17.5. The molecule has 0 saturated carbocycles. The highest BCUT2D eigenvalue weighted by Gasteiger charge is 2.58. The Kier molecular flexibility index (Phi) is 7.78. The van der Waals surface area contributed by atoms with Crippen molar-refractivity contribution in [1.82, 2.24) is 10.6 Å². The summed E-state index contributed by atoms with van der Waals surface area (Å²) in [5, 5.41) is 11.0. The van der Waals surface area contributed by atoms with Crippen molar-refractivity contribution in [2.75, 3.05) is 0 Å². The molecule has 0 amide bonds. The van der Waals surface area contributed by atoms with E-state index >= 15 is 0 Å². The maximum absolute atomic E-state index is 4.20. The lowest BCUT2D eigenvalue weighted by molar-refractivity contribution is 0.420. The number of fused-ring (bicyclic) bond motifs is 14. The minimum absolute atomic E-state index is 0.0687. The number of thioether (sulfide) groups is 1. The number of hydrogen-bond acceptors (Lipinski definition) is 3. The maximum atomic E-state index is 4.20. The van der Waals surface area contributed by atoms with E-state index in [0.717, 1.165) is 12.8 Å². The lowest BCUT2D eigenvalue weighted by atomic mass is 9.64. The SMILES string of the molecule is C1=CCC(C2C=CC=C(C3=C4Sc5ccccc5C4NC(C4=CC5C(C=C4)c4c(cc6ccccc6c4-c4ccccc4)C54c5ccccc5-c5ccccc54)N3)C2)C=C1. The topological polar surface area (TPSA) is 24.1 Å². The molecular formula is C57H44N2S. The minimum Gasteiger partial charge on any atom is -0.365 e. The van der Waals surface area contributed by atoms with E-state index in [2.05, 4.69) is 205 Å². The summed E-state index contributed by atoms with van der Waals surface area (Å²) >= 11 is 1.94. The monoisotopic (exact) mass is 788 g/mol. The Hall–Kier alpha value is -6.13. The molecule has 2 nitrogen and oxygen atoms in total. The average Bonchev–Trinajstić information content (AvgIpc) is 3.95. The molecule has 6 aromatic rings. The molecule has 7 aliphatic rings. The third-order valence-corrected chi connectivity index (χ3v) is 15.8. The summed E-state index contributed by atoms with van der Waals surface area (Å²) in [6.45, 7) is 0. The van der Waals surface area contributed by atoms with Gasteiger partial charge in [-0.05, 0) is 109 Å². The van der Waals surface area contributed by atoms with Gasteiger partial charge in [0.1, 0.15) is 6.17 Å². The molecule has 5 aliphatic carbocycles. The molecule has 0 radical (unpaired) electrons. The van der Waals surface area contributed by atoms with Crippen molar-refractivity contribution < 1.29 is 0 Å². The van der Waals surface area contributed by atoms with E-state index in [4.69, 9.17) is 0 Å². The van der Waals surface area contributed by atoms with Crippen LogP contribution in [0, 0.1) is 17.8 Å². The van der Waals surface area contributed by atoms with E-state index in [1.807, 2.05) is 11.8 Å². The molecule has 6 aromatic carbocycles. The molecule has 0 fully saturated rings. The molecule has 6 unspecified atom stereocenters. The predicted molar refractivity (Wildman–Crippen MR) is 248 cm³/mol. The van der Waals surface area contributed by atoms with Crippen LogP contribution >= 0.6 is 11.8 Å². The fraction of sp³-hybridized carbons (Fsp3) is 0.158. The summed E-state index contributed by atoms with van der Waals surface area (Å²) in [5.41, 5.74) is 16.2. The van der Waals surface area contributed by atoms with Crippen molar-refractivity contribution in [1.29, 1.82) is 0 Å². The third kappa shape index (κ3) is 4.94. The lowest BCUT2D eigenvalue weighted by Crippen LogP contribution is -2.50. The van der Waals surface area contributed by atoms with Crippen LogP contribution in [0.2, 0.25) is 0 Å². The molecule has 0 saturated heterocycles. The minimum atomic E-state index is -0.364. The van der Waals surface area contributed by atoms with Crippen LogP contribution in [0.25, 0.3) is 33.0 Å². The molecule has 3 heteroatoms. The average molecular weight is 789 g/mol. The summed E-state index contributed by atoms with van der Waals surface area (Å²) in [5.74, 6) is 1.35. The largest absolute Gasteiger partial charge is 0.365 e. The Balaban J connectivity index is 0.996. The van der Waals surface area contributed by atoms with Crippen molar-refractivity contribution in [2.24, 2.45) is 17.8 Å². The van der Waals surface area contributed by atoms with Gasteiger partial charge in [0.2, 0.25) is 0 Å². The maximum Gasteiger partial charge on any atom is 0.104 e. The van der Waals surface area contributed by atoms with Crippen LogP contribution < -0.4 is 10.6 Å². The first-order valence-corrected chi connectivity index (χ1v) is 22.5. The summed E-state index contributed by atoms with van der Waals surface area (Å²) < 4.78 is 0. The van der Waals surface area contributed by atoms with Gasteiger partial charge < -0.3 is 5.32 Å². The quantitative estimate of drug-likeness (QED) is 0.186. The molecule has 0 aromatic heterocycles. The van der Waals surface area contributed by atoms with Crippen LogP contribution in [-0.2, 0) is 5.41 Å². The van der Waals surface area contributed by atoms with Gasteiger partial charge in [0, 0.05) is 21.6 Å². The molecule has 2 heterocycles. The van der Waals surface area contributed by atoms with Gasteiger partial charge in [0.05, 0.1) is 17.2 Å². The van der Waals surface area contributed by atoms with Crippen LogP contribution in [0.1, 0.15) is 52.6 Å². The Morgan fingerprint density at radius 1 is 0.667 bits per heavy atom. The Labute approximate surface area is 356 Å². The van der Waals surface area contributed by atoms with Gasteiger partial charge in [-0.1, -0.05) is 194 Å². The van der Waals surface area contributed by atoms with Crippen molar-refractivity contribution in [3.63, 3.8) is 0 Å². The number of allylic oxidation sites excluding steroid dienone is 10. The Morgan fingerprint density at radius 3 is 2.25 bits per heavy atom. The predicted octanol–water partition coefficient (Wildman–Crippen LogP) is 13.2. The van der Waals surface area contributed by atoms with Crippen molar-refractivity contribution in [2.45, 2.75) is 41.3 Å². The van der Waals surface area contributed by atoms with Crippen molar-refractivity contribution in [3.05, 3.63) is 244 Å². The number of benzene rings is 6. The van der Waals surface area contributed by atoms with Gasteiger partial charge in [0.25, 0.3) is 0 Å². The first-order chi connectivity index (χ1) is 29.8. The van der Waals surface area contributed by atoms with E-state index in [0.29, 0.717) is 11.8 Å². The molecular weight excluding hydrogens is 745 g/mol. The van der Waals surface area contributed by atoms with E-state index < -0.39 is 0 Å². The molecule has 2 N–H and O–H groups in total. The third-order valence-electron chi connectivity index (χ3n) is 14.6. The van der Waals surface area contributed by atoms with E-state index in [9.17, 15) is 0 Å². The van der Waals surface area contributed by atoms with Crippen LogP contribution in [-0.4, -0.2) is 6.17 Å². The molecule has 6 atom stereocenters. The Bertz CT molecular complexity index is 2960. The highest BCUT2D eigenvalue weighted by Crippen LogP contribution is 2.67. The first-order valence-electron chi connectivity index (χ1n) is 21.7. The molecule has 13 rings (SSSR count). The van der Waals surface area contributed by atoms with Gasteiger partial charge in [-0.3, -0.25) is 5.32 Å². The zero-order chi connectivity index (χ0) is 39.4. The van der Waals surface area contributed by atoms with Gasteiger partial charge >= 0.3 is 0 Å². The number of hydrogen-bond donors (Lipinski definition) is 2. The second kappa shape index (κ2) is 13.4. The summed E-state index contributed by atoms with van der Waals surface area (Å²) in [4.78, 5) is 2.75. The second-order valence-corrected chi connectivity index (χ2v) is 18.6. The molecule has 288 valence electrons. The van der Waals surface area contributed by atoms with Gasteiger partial charge in [-0.25, -0.2) is 0 Å². The molecule has 2 aliphatic heterocycles. The summed E-state index contributed by atoms with van der Waals surface area (Å²) in [6.07, 6.45) is 26.1. The number of nitrogens with one attached hydrogen (secondary N) is 2. The van der Waals surface area contributed by atoms with Crippen LogP contribution in [0.5, 0.6) is 0 Å². The zero-order valence-corrected chi connectivity index (χ0v) is 34.1. The van der Waals surface area contributed by atoms with Crippen molar-refractivity contribution >= 4 is 22.5 Å². The standard InChI is InChI=1S/C57H44N2S/c1-3-16-35(17-4-1)37-21-15-22-39(32-37)53-55-54(45-26-11-14-29-50(45)60-55)59-56(58-53)40-30-31-44-48(34-40)57(46-27-12-9-24-42(46)43-25-10-13-28-47(43)57)49-33-38-20-7-8-23-41(38)51(52(44)49)36-18-5-2-6-19-36/h1-16,18-31,33-35,37,44,48,54,56,58-59H,17,32H2. The zero-order valence-electron chi connectivity index (χ0n) is 33.3. The summed E-state index contributed by atoms with van der Waals surface area (Å²) in [6, 6.07) is 50.5. The highest BCUT2D eigenvalue weighted by molar-refractivity contribution is 8.03. The van der Waals surface area contributed by atoms with E-state index in [1.54, 1.807) is 0 Å². The van der Waals surface area contributed by atoms with Gasteiger partial charge in [0.15, 0.2) is 0 Å². The van der Waals surface area contributed by atoms with E-state index in [-0.39, 0.29) is 29.5 Å². The van der Waals surface area contributed by atoms with Gasteiger partial charge in [-0.15, -0.1) is 0 Å². The molecule has 60 heavy (non-hydrogen) atoms. The van der Waals surface area contributed by atoms with Crippen molar-refractivity contribution in [3.8, 4) is 22.3 Å². The van der Waals surface area contributed by atoms with Crippen LogP contribution in [0.15, 0.2) is 221 Å². The first kappa shape index (κ1) is 34.7. The lowest BCUT2D eigenvalue weighted by Gasteiger charge is -2.40. The normalized spacial score (nSPS) is 25.9. The smallest absolute Gasteiger partial charge is 0.104 e. The summed E-state index contributed by atoms with van der Waals surface area (Å²) in [7, 11) is 0. The molecule has 0 bridgehead atoms. The fourth-order valence-corrected chi connectivity index (χ4v) is 13.4. The number of rotatable bonds is 4.